The first kappa shape index (κ1) is 23.7. The fourth-order valence-corrected chi connectivity index (χ4v) is 5.19. The second-order valence-electron chi connectivity index (χ2n) is 8.64. The number of rotatable bonds is 3. The van der Waals surface area contributed by atoms with E-state index in [4.69, 9.17) is 4.74 Å². The van der Waals surface area contributed by atoms with Crippen molar-refractivity contribution in [2.45, 2.75) is 79.4 Å². The maximum atomic E-state index is 14.9. The molecule has 4 N–H and O–H groups in total. The highest BCUT2D eigenvalue weighted by molar-refractivity contribution is 4.88. The Morgan fingerprint density at radius 2 is 1.12 bits per heavy atom. The summed E-state index contributed by atoms with van der Waals surface area (Å²) < 4.78 is 35.2. The predicted octanol–water partition coefficient (Wildman–Crippen LogP) is 4.34. The van der Waals surface area contributed by atoms with Gasteiger partial charge in [-0.25, -0.2) is 0 Å². The summed E-state index contributed by atoms with van der Waals surface area (Å²) in [4.78, 5) is 0. The first-order chi connectivity index (χ1) is 10.1. The molecule has 2 aliphatic carbocycles. The van der Waals surface area contributed by atoms with Gasteiger partial charge in [-0.3, -0.25) is 0 Å². The van der Waals surface area contributed by atoms with Crippen LogP contribution in [0.2, 0.25) is 0 Å². The molecule has 0 aromatic carbocycles. The lowest BCUT2D eigenvalue weighted by atomic mass is 9.69. The normalized spacial score (nSPS) is 43.5. The molecule has 3 nitrogen and oxygen atoms in total. The smallest absolute Gasteiger partial charge is 0.359 e. The van der Waals surface area contributed by atoms with Crippen LogP contribution in [-0.4, -0.2) is 23.2 Å². The largest absolute Gasteiger partial charge is 0.412 e. The van der Waals surface area contributed by atoms with Crippen molar-refractivity contribution in [3.05, 3.63) is 0 Å². The third kappa shape index (κ3) is 5.12. The highest BCUT2D eigenvalue weighted by Crippen LogP contribution is 2.48. The average Bonchev–Trinajstić information content (AvgIpc) is 2.33. The van der Waals surface area contributed by atoms with Gasteiger partial charge in [0.25, 0.3) is 0 Å². The van der Waals surface area contributed by atoms with Gasteiger partial charge in [-0.2, -0.15) is 8.78 Å². The topological polar surface area (TPSA) is 72.2 Å². The number of ether oxygens (including phenoxy) is 1. The molecule has 5 heteroatoms. The minimum absolute atomic E-state index is 0. The molecule has 0 heterocycles. The van der Waals surface area contributed by atoms with Gasteiger partial charge in [0.1, 0.15) is 0 Å². The molecule has 146 valence electrons. The van der Waals surface area contributed by atoms with Crippen molar-refractivity contribution in [3.63, 3.8) is 0 Å². The van der Waals surface area contributed by atoms with Crippen molar-refractivity contribution < 1.29 is 24.5 Å². The van der Waals surface area contributed by atoms with Crippen molar-refractivity contribution in [1.82, 2.24) is 0 Å². The molecule has 2 aliphatic rings. The lowest BCUT2D eigenvalue weighted by Crippen LogP contribution is -2.47. The Balaban J connectivity index is 0.00000264. The fraction of sp³-hybridized carbons (Fsp3) is 1.00. The molecule has 0 aliphatic heterocycles. The minimum Gasteiger partial charge on any atom is -0.412 e. The highest BCUT2D eigenvalue weighted by Gasteiger charge is 2.51. The first-order valence-electron chi connectivity index (χ1n) is 9.17. The molecule has 4 unspecified atom stereocenters. The maximum Gasteiger partial charge on any atom is 0.359 e. The summed E-state index contributed by atoms with van der Waals surface area (Å²) in [6.07, 6.45) is 0.0594. The Bertz CT molecular complexity index is 354. The van der Waals surface area contributed by atoms with Crippen molar-refractivity contribution in [1.29, 1.82) is 0 Å². The molecule has 0 aromatic rings. The molecular formula is C19H38F2O3. The van der Waals surface area contributed by atoms with E-state index in [1.54, 1.807) is 0 Å². The third-order valence-electron chi connectivity index (χ3n) is 6.55. The van der Waals surface area contributed by atoms with Gasteiger partial charge in [0.2, 0.25) is 0 Å². The molecule has 2 fully saturated rings. The van der Waals surface area contributed by atoms with Crippen molar-refractivity contribution in [2.24, 2.45) is 41.4 Å². The van der Waals surface area contributed by atoms with E-state index in [1.165, 1.54) is 0 Å². The summed E-state index contributed by atoms with van der Waals surface area (Å²) in [6.45, 7) is 12.7. The number of hydrogen-bond donors (Lipinski definition) is 0. The van der Waals surface area contributed by atoms with Crippen LogP contribution in [0.1, 0.15) is 67.2 Å². The van der Waals surface area contributed by atoms with Crippen molar-refractivity contribution >= 4 is 0 Å². The Kier molecular flexibility index (Phi) is 8.81. The second-order valence-corrected chi connectivity index (χ2v) is 8.64. The molecule has 0 saturated heterocycles. The minimum atomic E-state index is -2.98. The molecular weight excluding hydrogens is 314 g/mol. The van der Waals surface area contributed by atoms with Gasteiger partial charge in [-0.1, -0.05) is 41.5 Å². The molecule has 4 atom stereocenters. The van der Waals surface area contributed by atoms with E-state index < -0.39 is 12.0 Å². The molecule has 2 rings (SSSR count). The molecule has 0 amide bonds. The van der Waals surface area contributed by atoms with Crippen molar-refractivity contribution in [2.75, 3.05) is 0 Å². The van der Waals surface area contributed by atoms with E-state index in [2.05, 4.69) is 27.7 Å². The Hall–Kier alpha value is -0.260. The van der Waals surface area contributed by atoms with Crippen molar-refractivity contribution in [3.8, 4) is 0 Å². The molecule has 0 aromatic heterocycles. The van der Waals surface area contributed by atoms with Crippen LogP contribution in [0.4, 0.5) is 8.78 Å². The summed E-state index contributed by atoms with van der Waals surface area (Å²) in [5.74, 6) is 1.51. The summed E-state index contributed by atoms with van der Waals surface area (Å²) in [7, 11) is 0. The lowest BCUT2D eigenvalue weighted by Gasteiger charge is -2.44. The van der Waals surface area contributed by atoms with Gasteiger partial charge in [-0.05, 0) is 61.2 Å². The SMILES string of the molecule is CC1CC(C)C(C(F)(F)OC2CC(C)C(C)C(C)C2)C(C)C1.O.O. The number of halogens is 2. The standard InChI is InChI=1S/C19H34F2O.2H2O/c1-11-7-14(4)18(15(5)8-11)19(20,21)22-17-9-12(2)16(6)13(3)10-17;;/h11-18H,7-10H2,1-6H3;2*1H2. The van der Waals surface area contributed by atoms with Crippen LogP contribution in [0.25, 0.3) is 0 Å². The molecule has 0 bridgehead atoms. The zero-order valence-corrected chi connectivity index (χ0v) is 16.1. The van der Waals surface area contributed by atoms with Crippen LogP contribution in [-0.2, 0) is 4.74 Å². The Morgan fingerprint density at radius 1 is 0.708 bits per heavy atom. The van der Waals surface area contributed by atoms with E-state index in [-0.39, 0.29) is 28.9 Å². The van der Waals surface area contributed by atoms with Crippen LogP contribution in [0, 0.1) is 41.4 Å². The highest BCUT2D eigenvalue weighted by atomic mass is 19.3. The maximum absolute atomic E-state index is 14.9. The Labute approximate surface area is 146 Å². The van der Waals surface area contributed by atoms with Gasteiger partial charge in [0, 0.05) is 0 Å². The zero-order valence-electron chi connectivity index (χ0n) is 16.1. The van der Waals surface area contributed by atoms with E-state index in [1.807, 2.05) is 13.8 Å². The molecule has 24 heavy (non-hydrogen) atoms. The van der Waals surface area contributed by atoms with Crippen LogP contribution in [0.3, 0.4) is 0 Å². The molecule has 0 spiro atoms. The van der Waals surface area contributed by atoms with E-state index in [9.17, 15) is 8.78 Å². The number of alkyl halides is 2. The van der Waals surface area contributed by atoms with Crippen LogP contribution < -0.4 is 0 Å². The first-order valence-corrected chi connectivity index (χ1v) is 9.17. The molecule has 0 radical (unpaired) electrons. The monoisotopic (exact) mass is 352 g/mol. The fourth-order valence-electron chi connectivity index (χ4n) is 5.19. The van der Waals surface area contributed by atoms with Gasteiger partial charge >= 0.3 is 6.11 Å². The average molecular weight is 353 g/mol. The predicted molar refractivity (Wildman–Crippen MR) is 94.0 cm³/mol. The molecule has 2 saturated carbocycles. The Morgan fingerprint density at radius 3 is 1.54 bits per heavy atom. The third-order valence-corrected chi connectivity index (χ3v) is 6.55. The second kappa shape index (κ2) is 8.91. The van der Waals surface area contributed by atoms with Gasteiger partial charge < -0.3 is 15.7 Å². The van der Waals surface area contributed by atoms with Crippen LogP contribution >= 0.6 is 0 Å². The summed E-state index contributed by atoms with van der Waals surface area (Å²) in [5.41, 5.74) is 0. The summed E-state index contributed by atoms with van der Waals surface area (Å²) >= 11 is 0. The quantitative estimate of drug-likeness (QED) is 0.745. The summed E-state index contributed by atoms with van der Waals surface area (Å²) in [5, 5.41) is 0. The summed E-state index contributed by atoms with van der Waals surface area (Å²) in [6, 6.07) is 0. The van der Waals surface area contributed by atoms with Crippen LogP contribution in [0.15, 0.2) is 0 Å². The van der Waals surface area contributed by atoms with Crippen LogP contribution in [0.5, 0.6) is 0 Å². The zero-order chi connectivity index (χ0) is 16.7. The lowest BCUT2D eigenvalue weighted by molar-refractivity contribution is -0.320. The number of hydrogen-bond acceptors (Lipinski definition) is 1. The van der Waals surface area contributed by atoms with E-state index >= 15 is 0 Å². The van der Waals surface area contributed by atoms with E-state index in [0.29, 0.717) is 23.7 Å². The van der Waals surface area contributed by atoms with Gasteiger partial charge in [0.15, 0.2) is 0 Å². The van der Waals surface area contributed by atoms with E-state index in [0.717, 1.165) is 25.7 Å². The van der Waals surface area contributed by atoms with Gasteiger partial charge in [0.05, 0.1) is 12.0 Å². The van der Waals surface area contributed by atoms with Gasteiger partial charge in [-0.15, -0.1) is 0 Å².